The molecule has 0 amide bonds. The molecule has 0 atom stereocenters. The standard InChI is InChI=1S/C44H87NO4S/c1-4-7-10-13-19-26-33-42(34-27-20-14-11-8-5-2)49-43(47)35-28-21-18-24-31-38-45(39-40-46)37-30-23-17-15-16-22-29-36-44(48)50-41-32-25-12-9-6-3/h42,46H,4-41H2,1-3H3. The molecular formula is C44H87NO4S. The first-order chi connectivity index (χ1) is 24.6. The van der Waals surface area contributed by atoms with Crippen LogP contribution in [-0.2, 0) is 14.3 Å². The van der Waals surface area contributed by atoms with Gasteiger partial charge in [-0.1, -0.05) is 174 Å². The van der Waals surface area contributed by atoms with Crippen LogP contribution in [0.5, 0.6) is 0 Å². The van der Waals surface area contributed by atoms with Gasteiger partial charge in [-0.05, 0) is 70.9 Å². The lowest BCUT2D eigenvalue weighted by atomic mass is 10.0. The molecule has 0 aliphatic rings. The number of hydrogen-bond donors (Lipinski definition) is 1. The van der Waals surface area contributed by atoms with E-state index in [0.29, 0.717) is 11.5 Å². The number of carbonyl (C=O) groups excluding carboxylic acids is 2. The molecule has 0 aromatic heterocycles. The molecular weight excluding hydrogens is 639 g/mol. The Bertz CT molecular complexity index is 690. The van der Waals surface area contributed by atoms with Crippen molar-refractivity contribution in [3.63, 3.8) is 0 Å². The van der Waals surface area contributed by atoms with Crippen LogP contribution in [0.15, 0.2) is 0 Å². The molecule has 0 fully saturated rings. The number of aliphatic hydroxyl groups is 1. The smallest absolute Gasteiger partial charge is 0.306 e. The molecule has 0 saturated carbocycles. The molecule has 5 nitrogen and oxygen atoms in total. The van der Waals surface area contributed by atoms with Crippen LogP contribution in [-0.4, -0.2) is 59.2 Å². The van der Waals surface area contributed by atoms with Gasteiger partial charge < -0.3 is 14.7 Å². The van der Waals surface area contributed by atoms with Crippen LogP contribution in [0.1, 0.15) is 233 Å². The highest BCUT2D eigenvalue weighted by molar-refractivity contribution is 8.13. The Morgan fingerprint density at radius 3 is 1.38 bits per heavy atom. The van der Waals surface area contributed by atoms with Gasteiger partial charge in [-0.2, -0.15) is 0 Å². The van der Waals surface area contributed by atoms with E-state index in [0.717, 1.165) is 63.9 Å². The van der Waals surface area contributed by atoms with Gasteiger partial charge in [-0.15, -0.1) is 0 Å². The number of rotatable bonds is 41. The third-order valence-electron chi connectivity index (χ3n) is 10.2. The molecule has 0 heterocycles. The minimum absolute atomic E-state index is 0.0223. The Morgan fingerprint density at radius 1 is 0.500 bits per heavy atom. The van der Waals surface area contributed by atoms with E-state index in [4.69, 9.17) is 4.74 Å². The molecule has 298 valence electrons. The molecule has 0 aromatic carbocycles. The van der Waals surface area contributed by atoms with Crippen LogP contribution in [0.3, 0.4) is 0 Å². The van der Waals surface area contributed by atoms with E-state index in [9.17, 15) is 14.7 Å². The van der Waals surface area contributed by atoms with Gasteiger partial charge in [0.15, 0.2) is 5.12 Å². The summed E-state index contributed by atoms with van der Waals surface area (Å²) in [5, 5.41) is 9.94. The normalized spacial score (nSPS) is 11.6. The Hall–Kier alpha value is -0.590. The third-order valence-corrected chi connectivity index (χ3v) is 11.2. The molecule has 1 N–H and O–H groups in total. The van der Waals surface area contributed by atoms with Crippen LogP contribution < -0.4 is 0 Å². The van der Waals surface area contributed by atoms with Gasteiger partial charge in [-0.3, -0.25) is 9.59 Å². The van der Waals surface area contributed by atoms with Crippen molar-refractivity contribution in [2.45, 2.75) is 239 Å². The highest BCUT2D eigenvalue weighted by Gasteiger charge is 2.14. The Morgan fingerprint density at radius 2 is 0.900 bits per heavy atom. The van der Waals surface area contributed by atoms with Gasteiger partial charge in [0.2, 0.25) is 0 Å². The SMILES string of the molecule is CCCCCCCCC(CCCCCCCC)OC(=O)CCCCCCCN(CCO)CCCCCCCCCC(=O)SCCCCCCC. The van der Waals surface area contributed by atoms with E-state index in [1.165, 1.54) is 167 Å². The lowest BCUT2D eigenvalue weighted by molar-refractivity contribution is -0.150. The van der Waals surface area contributed by atoms with E-state index in [2.05, 4.69) is 25.7 Å². The number of ether oxygens (including phenoxy) is 1. The van der Waals surface area contributed by atoms with Gasteiger partial charge in [0.25, 0.3) is 0 Å². The fourth-order valence-corrected chi connectivity index (χ4v) is 7.74. The highest BCUT2D eigenvalue weighted by atomic mass is 32.2. The molecule has 0 unspecified atom stereocenters. The maximum atomic E-state index is 12.7. The Kier molecular flexibility index (Phi) is 40.7. The summed E-state index contributed by atoms with van der Waals surface area (Å²) in [6.45, 7) is 9.91. The zero-order valence-electron chi connectivity index (χ0n) is 34.0. The average Bonchev–Trinajstić information content (AvgIpc) is 3.11. The fourth-order valence-electron chi connectivity index (χ4n) is 6.88. The van der Waals surface area contributed by atoms with Crippen molar-refractivity contribution < 1.29 is 19.4 Å². The Labute approximate surface area is 317 Å². The van der Waals surface area contributed by atoms with E-state index in [1.54, 1.807) is 11.8 Å². The number of aliphatic hydroxyl groups excluding tert-OH is 1. The van der Waals surface area contributed by atoms with Crippen molar-refractivity contribution in [2.24, 2.45) is 0 Å². The quantitative estimate of drug-likeness (QED) is 0.0500. The highest BCUT2D eigenvalue weighted by Crippen LogP contribution is 2.19. The second kappa shape index (κ2) is 41.2. The Balaban J connectivity index is 3.92. The lowest BCUT2D eigenvalue weighted by Gasteiger charge is -2.21. The third kappa shape index (κ3) is 37.2. The largest absolute Gasteiger partial charge is 0.462 e. The summed E-state index contributed by atoms with van der Waals surface area (Å²) >= 11 is 1.56. The van der Waals surface area contributed by atoms with Crippen molar-refractivity contribution in [2.75, 3.05) is 32.0 Å². The topological polar surface area (TPSA) is 66.8 Å². The summed E-state index contributed by atoms with van der Waals surface area (Å²) in [7, 11) is 0. The van der Waals surface area contributed by atoms with Gasteiger partial charge in [0.1, 0.15) is 6.10 Å². The first-order valence-electron chi connectivity index (χ1n) is 22.3. The average molecular weight is 726 g/mol. The number of nitrogens with zero attached hydrogens (tertiary/aromatic N) is 1. The van der Waals surface area contributed by atoms with E-state index in [1.807, 2.05) is 0 Å². The lowest BCUT2D eigenvalue weighted by Crippen LogP contribution is -2.29. The van der Waals surface area contributed by atoms with Crippen molar-refractivity contribution in [1.29, 1.82) is 0 Å². The summed E-state index contributed by atoms with van der Waals surface area (Å²) in [6, 6.07) is 0. The fraction of sp³-hybridized carbons (Fsp3) is 0.955. The van der Waals surface area contributed by atoms with E-state index < -0.39 is 0 Å². The number of esters is 1. The van der Waals surface area contributed by atoms with Crippen molar-refractivity contribution >= 4 is 22.8 Å². The maximum Gasteiger partial charge on any atom is 0.306 e. The van der Waals surface area contributed by atoms with Crippen molar-refractivity contribution in [3.8, 4) is 0 Å². The molecule has 0 radical (unpaired) electrons. The summed E-state index contributed by atoms with van der Waals surface area (Å²) < 4.78 is 6.02. The minimum atomic E-state index is 0.0223. The molecule has 0 spiro atoms. The van der Waals surface area contributed by atoms with Crippen LogP contribution in [0.4, 0.5) is 0 Å². The number of carbonyl (C=O) groups is 2. The first kappa shape index (κ1) is 49.4. The molecule has 0 aliphatic heterocycles. The van der Waals surface area contributed by atoms with Crippen molar-refractivity contribution in [1.82, 2.24) is 4.90 Å². The summed E-state index contributed by atoms with van der Waals surface area (Å²) in [4.78, 5) is 27.2. The van der Waals surface area contributed by atoms with Crippen molar-refractivity contribution in [3.05, 3.63) is 0 Å². The van der Waals surface area contributed by atoms with E-state index >= 15 is 0 Å². The van der Waals surface area contributed by atoms with E-state index in [-0.39, 0.29) is 18.7 Å². The van der Waals surface area contributed by atoms with Crippen LogP contribution in [0.25, 0.3) is 0 Å². The van der Waals surface area contributed by atoms with Crippen LogP contribution in [0, 0.1) is 0 Å². The molecule has 0 bridgehead atoms. The predicted octanol–water partition coefficient (Wildman–Crippen LogP) is 13.4. The molecule has 0 rings (SSSR count). The van der Waals surface area contributed by atoms with Crippen LogP contribution >= 0.6 is 11.8 Å². The molecule has 0 aliphatic carbocycles. The number of unbranched alkanes of at least 4 members (excludes halogenated alkanes) is 24. The maximum absolute atomic E-state index is 12.7. The zero-order valence-corrected chi connectivity index (χ0v) is 34.8. The summed E-state index contributed by atoms with van der Waals surface area (Å²) in [5.41, 5.74) is 0. The van der Waals surface area contributed by atoms with Gasteiger partial charge in [0, 0.05) is 25.1 Å². The molecule has 50 heavy (non-hydrogen) atoms. The monoisotopic (exact) mass is 726 g/mol. The number of thioether (sulfide) groups is 1. The number of hydrogen-bond acceptors (Lipinski definition) is 6. The summed E-state index contributed by atoms with van der Waals surface area (Å²) in [6.07, 6.45) is 39.4. The van der Waals surface area contributed by atoms with Gasteiger partial charge >= 0.3 is 5.97 Å². The first-order valence-corrected chi connectivity index (χ1v) is 23.2. The van der Waals surface area contributed by atoms with Gasteiger partial charge in [-0.25, -0.2) is 0 Å². The molecule has 6 heteroatoms. The second-order valence-electron chi connectivity index (χ2n) is 15.2. The molecule has 0 aromatic rings. The minimum Gasteiger partial charge on any atom is -0.462 e. The molecule has 0 saturated heterocycles. The summed E-state index contributed by atoms with van der Waals surface area (Å²) in [5.74, 6) is 1.03. The zero-order chi connectivity index (χ0) is 36.6. The van der Waals surface area contributed by atoms with Gasteiger partial charge in [0.05, 0.1) is 6.61 Å². The predicted molar refractivity (Wildman–Crippen MR) is 220 cm³/mol. The van der Waals surface area contributed by atoms with Crippen LogP contribution in [0.2, 0.25) is 0 Å². The second-order valence-corrected chi connectivity index (χ2v) is 16.3.